The molecule has 0 aromatic heterocycles. The van der Waals surface area contributed by atoms with Gasteiger partial charge in [-0.2, -0.15) is 0 Å². The highest BCUT2D eigenvalue weighted by Crippen LogP contribution is 2.15. The molecule has 0 aliphatic rings. The smallest absolute Gasteiger partial charge is 0.192 e. The van der Waals surface area contributed by atoms with Crippen LogP contribution in [-0.4, -0.2) is 17.3 Å². The molecule has 0 bridgehead atoms. The highest BCUT2D eigenvalue weighted by Gasteiger charge is 2.12. The predicted molar refractivity (Wildman–Crippen MR) is 55.7 cm³/mol. The number of hydrogen-bond donors (Lipinski definition) is 1. The molecule has 0 aliphatic carbocycles. The normalized spacial score (nSPS) is 12.2. The summed E-state index contributed by atoms with van der Waals surface area (Å²) in [6, 6.07) is 7.53. The van der Waals surface area contributed by atoms with Gasteiger partial charge in [-0.3, -0.25) is 0 Å². The predicted octanol–water partition coefficient (Wildman–Crippen LogP) is 2.00. The van der Waals surface area contributed by atoms with E-state index in [4.69, 9.17) is 17.0 Å². The molecule has 13 heavy (non-hydrogen) atoms. The van der Waals surface area contributed by atoms with E-state index in [2.05, 4.69) is 0 Å². The average Bonchev–Trinajstić information content (AvgIpc) is 2.17. The van der Waals surface area contributed by atoms with Crippen LogP contribution >= 0.6 is 12.2 Å². The zero-order chi connectivity index (χ0) is 9.84. The molecular formula is C10H12O2S. The molecule has 3 heteroatoms. The first kappa shape index (κ1) is 10.2. The first-order valence-electron chi connectivity index (χ1n) is 3.97. The molecule has 0 saturated carbocycles. The summed E-state index contributed by atoms with van der Waals surface area (Å²) in [4.78, 5) is 0. The van der Waals surface area contributed by atoms with Crippen molar-refractivity contribution in [1.29, 1.82) is 0 Å². The number of hydrogen-bond acceptors (Lipinski definition) is 3. The fraction of sp³-hybridized carbons (Fsp3) is 0.300. The zero-order valence-electron chi connectivity index (χ0n) is 7.65. The SMILES string of the molecule is COC(=S)[C@H](O)c1ccc(C)cc1. The van der Waals surface area contributed by atoms with Gasteiger partial charge in [0, 0.05) is 0 Å². The van der Waals surface area contributed by atoms with Crippen molar-refractivity contribution in [2.24, 2.45) is 0 Å². The number of ether oxygens (including phenoxy) is 1. The summed E-state index contributed by atoms with van der Waals surface area (Å²) in [5.41, 5.74) is 1.91. The molecule has 1 aromatic carbocycles. The third-order valence-electron chi connectivity index (χ3n) is 1.82. The third kappa shape index (κ3) is 2.50. The summed E-state index contributed by atoms with van der Waals surface area (Å²) >= 11 is 4.82. The fourth-order valence-corrected chi connectivity index (χ4v) is 1.13. The lowest BCUT2D eigenvalue weighted by molar-refractivity contribution is 0.213. The van der Waals surface area contributed by atoms with Crippen LogP contribution < -0.4 is 0 Å². The van der Waals surface area contributed by atoms with Crippen molar-refractivity contribution in [2.75, 3.05) is 7.11 Å². The number of aliphatic hydroxyl groups excluding tert-OH is 1. The summed E-state index contributed by atoms with van der Waals surface area (Å²) in [6.07, 6.45) is -0.805. The third-order valence-corrected chi connectivity index (χ3v) is 2.21. The summed E-state index contributed by atoms with van der Waals surface area (Å²) in [5, 5.41) is 9.81. The standard InChI is InChI=1S/C10H12O2S/c1-7-3-5-8(6-4-7)9(11)10(13)12-2/h3-6,9,11H,1-2H3/t9-/m1/s1. The van der Waals surface area contributed by atoms with E-state index in [0.29, 0.717) is 0 Å². The Hall–Kier alpha value is -0.930. The van der Waals surface area contributed by atoms with Gasteiger partial charge in [0.25, 0.3) is 0 Å². The molecule has 1 aromatic rings. The molecule has 0 radical (unpaired) electrons. The van der Waals surface area contributed by atoms with Crippen molar-refractivity contribution in [1.82, 2.24) is 0 Å². The quantitative estimate of drug-likeness (QED) is 0.734. The molecule has 0 aliphatic heterocycles. The van der Waals surface area contributed by atoms with E-state index in [1.807, 2.05) is 31.2 Å². The molecule has 0 spiro atoms. The largest absolute Gasteiger partial charge is 0.488 e. The Kier molecular flexibility index (Phi) is 3.39. The molecule has 70 valence electrons. The Bertz CT molecular complexity index is 292. The van der Waals surface area contributed by atoms with Crippen LogP contribution in [0.2, 0.25) is 0 Å². The molecule has 0 amide bonds. The van der Waals surface area contributed by atoms with Crippen LogP contribution in [0.4, 0.5) is 0 Å². The topological polar surface area (TPSA) is 29.5 Å². The van der Waals surface area contributed by atoms with Gasteiger partial charge >= 0.3 is 0 Å². The van der Waals surface area contributed by atoms with Gasteiger partial charge in [-0.1, -0.05) is 29.8 Å². The second-order valence-corrected chi connectivity index (χ2v) is 3.24. The molecule has 1 atom stereocenters. The zero-order valence-corrected chi connectivity index (χ0v) is 8.47. The number of methoxy groups -OCH3 is 1. The van der Waals surface area contributed by atoms with Crippen molar-refractivity contribution in [2.45, 2.75) is 13.0 Å². The van der Waals surface area contributed by atoms with Gasteiger partial charge < -0.3 is 9.84 Å². The van der Waals surface area contributed by atoms with Crippen LogP contribution in [0.3, 0.4) is 0 Å². The van der Waals surface area contributed by atoms with Gasteiger partial charge in [-0.25, -0.2) is 0 Å². The number of benzene rings is 1. The Morgan fingerprint density at radius 2 is 1.92 bits per heavy atom. The van der Waals surface area contributed by atoms with Gasteiger partial charge in [0.15, 0.2) is 5.05 Å². The Labute approximate surface area is 83.2 Å². The maximum Gasteiger partial charge on any atom is 0.192 e. The first-order chi connectivity index (χ1) is 6.15. The van der Waals surface area contributed by atoms with Crippen LogP contribution in [0.15, 0.2) is 24.3 Å². The second kappa shape index (κ2) is 4.35. The summed E-state index contributed by atoms with van der Waals surface area (Å²) in [7, 11) is 1.46. The van der Waals surface area contributed by atoms with Crippen LogP contribution in [0.5, 0.6) is 0 Å². The molecule has 0 heterocycles. The van der Waals surface area contributed by atoms with E-state index in [9.17, 15) is 5.11 Å². The number of rotatable bonds is 2. The summed E-state index contributed by atoms with van der Waals surface area (Å²) < 4.78 is 4.78. The van der Waals surface area contributed by atoms with E-state index >= 15 is 0 Å². The maximum atomic E-state index is 9.61. The van der Waals surface area contributed by atoms with Gasteiger partial charge in [0.05, 0.1) is 7.11 Å². The highest BCUT2D eigenvalue weighted by atomic mass is 32.1. The minimum absolute atomic E-state index is 0.198. The monoisotopic (exact) mass is 196 g/mol. The Balaban J connectivity index is 2.83. The van der Waals surface area contributed by atoms with Crippen molar-refractivity contribution >= 4 is 17.3 Å². The molecule has 1 rings (SSSR count). The molecule has 1 N–H and O–H groups in total. The molecular weight excluding hydrogens is 184 g/mol. The van der Waals surface area contributed by atoms with E-state index < -0.39 is 6.10 Å². The first-order valence-corrected chi connectivity index (χ1v) is 4.38. The maximum absolute atomic E-state index is 9.61. The average molecular weight is 196 g/mol. The second-order valence-electron chi connectivity index (χ2n) is 2.84. The molecule has 0 fully saturated rings. The Morgan fingerprint density at radius 3 is 2.38 bits per heavy atom. The number of thiocarbonyl (C=S) groups is 1. The number of aliphatic hydroxyl groups is 1. The van der Waals surface area contributed by atoms with Gasteiger partial charge in [0.2, 0.25) is 0 Å². The minimum Gasteiger partial charge on any atom is -0.488 e. The molecule has 0 unspecified atom stereocenters. The van der Waals surface area contributed by atoms with Gasteiger partial charge in [-0.15, -0.1) is 0 Å². The van der Waals surface area contributed by atoms with E-state index in [1.54, 1.807) is 0 Å². The van der Waals surface area contributed by atoms with Crippen molar-refractivity contribution in [3.63, 3.8) is 0 Å². The van der Waals surface area contributed by atoms with Crippen LogP contribution in [0, 0.1) is 6.92 Å². The summed E-state index contributed by atoms with van der Waals surface area (Å²) in [5.74, 6) is 0. The van der Waals surface area contributed by atoms with E-state index in [-0.39, 0.29) is 5.05 Å². The lowest BCUT2D eigenvalue weighted by Gasteiger charge is -2.10. The lowest BCUT2D eigenvalue weighted by atomic mass is 10.1. The Morgan fingerprint density at radius 1 is 1.38 bits per heavy atom. The highest BCUT2D eigenvalue weighted by molar-refractivity contribution is 7.80. The summed E-state index contributed by atoms with van der Waals surface area (Å²) in [6.45, 7) is 1.99. The van der Waals surface area contributed by atoms with Crippen LogP contribution in [0.1, 0.15) is 17.2 Å². The van der Waals surface area contributed by atoms with Crippen molar-refractivity contribution < 1.29 is 9.84 Å². The molecule has 2 nitrogen and oxygen atoms in total. The van der Waals surface area contributed by atoms with Crippen LogP contribution in [-0.2, 0) is 4.74 Å². The fourth-order valence-electron chi connectivity index (χ4n) is 0.996. The van der Waals surface area contributed by atoms with Crippen molar-refractivity contribution in [3.8, 4) is 0 Å². The lowest BCUT2D eigenvalue weighted by Crippen LogP contribution is -2.11. The van der Waals surface area contributed by atoms with Gasteiger partial charge in [-0.05, 0) is 24.7 Å². The van der Waals surface area contributed by atoms with E-state index in [1.165, 1.54) is 7.11 Å². The van der Waals surface area contributed by atoms with Gasteiger partial charge in [0.1, 0.15) is 6.10 Å². The minimum atomic E-state index is -0.805. The van der Waals surface area contributed by atoms with Crippen LogP contribution in [0.25, 0.3) is 0 Å². The van der Waals surface area contributed by atoms with Crippen molar-refractivity contribution in [3.05, 3.63) is 35.4 Å². The van der Waals surface area contributed by atoms with E-state index in [0.717, 1.165) is 11.1 Å². The molecule has 0 saturated heterocycles. The number of aryl methyl sites for hydroxylation is 1.